The second kappa shape index (κ2) is 5.89. The van der Waals surface area contributed by atoms with Crippen molar-refractivity contribution >= 4 is 34.0 Å². The molecule has 0 saturated carbocycles. The van der Waals surface area contributed by atoms with Gasteiger partial charge in [0.25, 0.3) is 0 Å². The van der Waals surface area contributed by atoms with Gasteiger partial charge in [-0.2, -0.15) is 0 Å². The van der Waals surface area contributed by atoms with Gasteiger partial charge in [0.2, 0.25) is 0 Å². The molecule has 1 atom stereocenters. The van der Waals surface area contributed by atoms with E-state index >= 15 is 0 Å². The Balaban J connectivity index is 2.11. The van der Waals surface area contributed by atoms with Crippen LogP contribution in [0.4, 0.5) is 5.13 Å². The van der Waals surface area contributed by atoms with E-state index in [0.29, 0.717) is 0 Å². The Hall–Kier alpha value is -0.810. The molecule has 0 radical (unpaired) electrons. The van der Waals surface area contributed by atoms with Crippen molar-refractivity contribution in [3.8, 4) is 0 Å². The first kappa shape index (κ1) is 13.6. The molecule has 1 N–H and O–H groups in total. The second-order valence-corrected chi connectivity index (χ2v) is 5.95. The number of aromatic nitrogens is 1. The molecule has 18 heavy (non-hydrogen) atoms. The van der Waals surface area contributed by atoms with E-state index in [9.17, 15) is 4.79 Å². The summed E-state index contributed by atoms with van der Waals surface area (Å²) < 4.78 is 0. The average molecular weight is 289 g/mol. The second-order valence-electron chi connectivity index (χ2n) is 4.61. The quantitative estimate of drug-likeness (QED) is 0.925. The van der Waals surface area contributed by atoms with Crippen LogP contribution < -0.4 is 4.90 Å². The number of halogens is 1. The van der Waals surface area contributed by atoms with Gasteiger partial charge in [-0.1, -0.05) is 36.3 Å². The molecule has 6 heteroatoms. The van der Waals surface area contributed by atoms with Crippen LogP contribution >= 0.6 is 22.9 Å². The maximum absolute atomic E-state index is 11.0. The lowest BCUT2D eigenvalue weighted by Gasteiger charge is -2.19. The van der Waals surface area contributed by atoms with E-state index in [1.165, 1.54) is 24.2 Å². The number of hydrogen-bond donors (Lipinski definition) is 1. The third-order valence-electron chi connectivity index (χ3n) is 3.46. The summed E-state index contributed by atoms with van der Waals surface area (Å²) in [4.78, 5) is 17.4. The van der Waals surface area contributed by atoms with Crippen molar-refractivity contribution in [2.45, 2.75) is 32.6 Å². The van der Waals surface area contributed by atoms with Crippen molar-refractivity contribution in [2.75, 3.05) is 18.0 Å². The van der Waals surface area contributed by atoms with Crippen molar-refractivity contribution in [3.63, 3.8) is 0 Å². The lowest BCUT2D eigenvalue weighted by Crippen LogP contribution is -2.23. The van der Waals surface area contributed by atoms with Gasteiger partial charge in [-0.3, -0.25) is 0 Å². The Bertz CT molecular complexity index is 436. The van der Waals surface area contributed by atoms with Crippen molar-refractivity contribution in [2.24, 2.45) is 5.92 Å². The monoisotopic (exact) mass is 288 g/mol. The van der Waals surface area contributed by atoms with Crippen molar-refractivity contribution in [1.82, 2.24) is 4.98 Å². The first-order valence-corrected chi connectivity index (χ1v) is 7.45. The van der Waals surface area contributed by atoms with Crippen molar-refractivity contribution in [1.29, 1.82) is 0 Å². The molecule has 2 rings (SSSR count). The van der Waals surface area contributed by atoms with E-state index in [2.05, 4.69) is 16.8 Å². The maximum atomic E-state index is 11.0. The zero-order chi connectivity index (χ0) is 13.1. The fourth-order valence-corrected chi connectivity index (χ4v) is 3.50. The number of hydrogen-bond acceptors (Lipinski definition) is 4. The van der Waals surface area contributed by atoms with Crippen molar-refractivity contribution < 1.29 is 9.90 Å². The summed E-state index contributed by atoms with van der Waals surface area (Å²) in [7, 11) is 0. The topological polar surface area (TPSA) is 53.4 Å². The number of nitrogens with zero attached hydrogens (tertiary/aromatic N) is 2. The molecule has 100 valence electrons. The zero-order valence-corrected chi connectivity index (χ0v) is 11.9. The molecular weight excluding hydrogens is 272 g/mol. The van der Waals surface area contributed by atoms with Crippen LogP contribution in [-0.4, -0.2) is 29.1 Å². The molecule has 0 bridgehead atoms. The number of carbonyl (C=O) groups is 1. The summed E-state index contributed by atoms with van der Waals surface area (Å²) in [6.07, 6.45) is 4.75. The lowest BCUT2D eigenvalue weighted by molar-refractivity contribution is 0.0702. The molecule has 0 amide bonds. The number of rotatable bonds is 3. The molecule has 4 nitrogen and oxygen atoms in total. The van der Waals surface area contributed by atoms with Crippen LogP contribution in [0.2, 0.25) is 5.15 Å². The number of carboxylic acid groups (broad SMARTS) is 1. The normalized spacial score (nSPS) is 20.8. The Morgan fingerprint density at radius 1 is 1.56 bits per heavy atom. The summed E-state index contributed by atoms with van der Waals surface area (Å²) in [5, 5.41) is 9.84. The Morgan fingerprint density at radius 3 is 2.94 bits per heavy atom. The van der Waals surface area contributed by atoms with Crippen LogP contribution in [-0.2, 0) is 0 Å². The van der Waals surface area contributed by atoms with E-state index in [1.807, 2.05) is 0 Å². The molecule has 1 aromatic heterocycles. The molecule has 1 unspecified atom stereocenters. The van der Waals surface area contributed by atoms with E-state index in [1.54, 1.807) is 0 Å². The molecule has 0 aromatic carbocycles. The molecule has 1 fully saturated rings. The number of carboxylic acids is 1. The van der Waals surface area contributed by atoms with Crippen LogP contribution in [0, 0.1) is 5.92 Å². The molecule has 1 aromatic rings. The number of aromatic carboxylic acids is 1. The standard InChI is InChI=1S/C12H17ClN2O2S/c1-2-8-4-3-6-15(7-5-8)12-14-10(13)9(18-12)11(16)17/h8H,2-7H2,1H3,(H,16,17). The van der Waals surface area contributed by atoms with Gasteiger partial charge >= 0.3 is 5.97 Å². The van der Waals surface area contributed by atoms with Crippen LogP contribution in [0.5, 0.6) is 0 Å². The highest BCUT2D eigenvalue weighted by Crippen LogP contribution is 2.32. The fourth-order valence-electron chi connectivity index (χ4n) is 2.32. The first-order chi connectivity index (χ1) is 8.61. The van der Waals surface area contributed by atoms with E-state index < -0.39 is 5.97 Å². The molecule has 0 aliphatic carbocycles. The molecule has 1 aliphatic heterocycles. The molecule has 1 saturated heterocycles. The Labute approximate surface area is 116 Å². The van der Waals surface area contributed by atoms with Gasteiger partial charge in [-0.15, -0.1) is 0 Å². The van der Waals surface area contributed by atoms with Crippen LogP contribution in [0.25, 0.3) is 0 Å². The van der Waals surface area contributed by atoms with Gasteiger partial charge in [-0.05, 0) is 25.2 Å². The summed E-state index contributed by atoms with van der Waals surface area (Å²) in [5.41, 5.74) is 0. The van der Waals surface area contributed by atoms with E-state index in [0.717, 1.165) is 37.0 Å². The SMILES string of the molecule is CCC1CCCN(c2nc(Cl)c(C(=O)O)s2)CC1. The van der Waals surface area contributed by atoms with Gasteiger partial charge in [0.1, 0.15) is 0 Å². The van der Waals surface area contributed by atoms with Crippen molar-refractivity contribution in [3.05, 3.63) is 10.0 Å². The zero-order valence-electron chi connectivity index (χ0n) is 10.4. The number of thiazole rings is 1. The maximum Gasteiger partial charge on any atom is 0.349 e. The van der Waals surface area contributed by atoms with Gasteiger partial charge in [0, 0.05) is 13.1 Å². The highest BCUT2D eigenvalue weighted by molar-refractivity contribution is 7.18. The fraction of sp³-hybridized carbons (Fsp3) is 0.667. The Kier molecular flexibility index (Phi) is 4.45. The van der Waals surface area contributed by atoms with Gasteiger partial charge < -0.3 is 10.0 Å². The largest absolute Gasteiger partial charge is 0.477 e. The predicted molar refractivity (Wildman–Crippen MR) is 73.9 cm³/mol. The minimum atomic E-state index is -0.995. The van der Waals surface area contributed by atoms with Gasteiger partial charge in [-0.25, -0.2) is 9.78 Å². The predicted octanol–water partition coefficient (Wildman–Crippen LogP) is 3.51. The highest BCUT2D eigenvalue weighted by atomic mass is 35.5. The summed E-state index contributed by atoms with van der Waals surface area (Å²) in [6, 6.07) is 0. The minimum absolute atomic E-state index is 0.110. The Morgan fingerprint density at radius 2 is 2.33 bits per heavy atom. The first-order valence-electron chi connectivity index (χ1n) is 6.26. The summed E-state index contributed by atoms with van der Waals surface area (Å²) >= 11 is 7.02. The lowest BCUT2D eigenvalue weighted by atomic mass is 9.98. The molecule has 1 aliphatic rings. The third-order valence-corrected chi connectivity index (χ3v) is 4.95. The smallest absolute Gasteiger partial charge is 0.349 e. The molecular formula is C12H17ClN2O2S. The van der Waals surface area contributed by atoms with Crippen LogP contribution in [0.15, 0.2) is 0 Å². The summed E-state index contributed by atoms with van der Waals surface area (Å²) in [5.74, 6) is -0.214. The van der Waals surface area contributed by atoms with E-state index in [-0.39, 0.29) is 10.0 Å². The van der Waals surface area contributed by atoms with Gasteiger partial charge in [0.05, 0.1) is 0 Å². The van der Waals surface area contributed by atoms with E-state index in [4.69, 9.17) is 16.7 Å². The van der Waals surface area contributed by atoms with Crippen LogP contribution in [0.1, 0.15) is 42.3 Å². The third kappa shape index (κ3) is 2.95. The molecule has 0 spiro atoms. The highest BCUT2D eigenvalue weighted by Gasteiger charge is 2.22. The minimum Gasteiger partial charge on any atom is -0.477 e. The average Bonchev–Trinajstić information content (AvgIpc) is 2.60. The summed E-state index contributed by atoms with van der Waals surface area (Å²) in [6.45, 7) is 4.12. The van der Waals surface area contributed by atoms with Crippen LogP contribution in [0.3, 0.4) is 0 Å². The number of anilines is 1. The van der Waals surface area contributed by atoms with Gasteiger partial charge in [0.15, 0.2) is 15.2 Å². The molecule has 2 heterocycles.